The first-order valence-electron chi connectivity index (χ1n) is 8.85. The Balaban J connectivity index is 1.61. The lowest BCUT2D eigenvalue weighted by Crippen LogP contribution is -2.43. The van der Waals surface area contributed by atoms with Gasteiger partial charge in [0.1, 0.15) is 12.1 Å². The summed E-state index contributed by atoms with van der Waals surface area (Å²) >= 11 is 0. The van der Waals surface area contributed by atoms with Crippen LogP contribution in [-0.2, 0) is 11.2 Å². The van der Waals surface area contributed by atoms with Crippen LogP contribution in [0, 0.1) is 10.1 Å². The van der Waals surface area contributed by atoms with Crippen molar-refractivity contribution in [1.82, 2.24) is 10.2 Å². The van der Waals surface area contributed by atoms with Crippen molar-refractivity contribution in [3.8, 4) is 0 Å². The second-order valence-electron chi connectivity index (χ2n) is 6.65. The van der Waals surface area contributed by atoms with E-state index in [9.17, 15) is 24.5 Å². The molecule has 0 unspecified atom stereocenters. The molecule has 8 heteroatoms. The van der Waals surface area contributed by atoms with E-state index < -0.39 is 34.9 Å². The molecule has 8 nitrogen and oxygen atoms in total. The molecule has 0 saturated carbocycles. The van der Waals surface area contributed by atoms with E-state index in [1.54, 1.807) is 0 Å². The average Bonchev–Trinajstić information content (AvgIpc) is 2.92. The van der Waals surface area contributed by atoms with Gasteiger partial charge in [0.05, 0.1) is 10.5 Å². The molecular weight excluding hydrogens is 362 g/mol. The summed E-state index contributed by atoms with van der Waals surface area (Å²) in [4.78, 5) is 48.4. The Kier molecular flexibility index (Phi) is 5.49. The summed E-state index contributed by atoms with van der Waals surface area (Å²) in [6, 6.07) is 13.5. The fraction of sp³-hybridized carbons (Fsp3) is 0.250. The summed E-state index contributed by atoms with van der Waals surface area (Å²) in [5, 5.41) is 13.9. The van der Waals surface area contributed by atoms with E-state index in [0.717, 1.165) is 16.9 Å². The lowest BCUT2D eigenvalue weighted by molar-refractivity contribution is -0.385. The molecule has 1 aliphatic heterocycles. The Morgan fingerprint density at radius 2 is 1.82 bits per heavy atom. The quantitative estimate of drug-likeness (QED) is 0.450. The van der Waals surface area contributed by atoms with Crippen LogP contribution < -0.4 is 5.32 Å². The SMILES string of the molecule is C[C@H](CCc1ccccc1)NC(=O)CN1C(=O)c2cccc([N+](=O)[O-])c2C1=O. The number of carbonyl (C=O) groups is 3. The van der Waals surface area contributed by atoms with E-state index in [4.69, 9.17) is 0 Å². The molecule has 0 bridgehead atoms. The number of nitrogens with one attached hydrogen (secondary N) is 1. The van der Waals surface area contributed by atoms with Crippen LogP contribution in [0.4, 0.5) is 5.69 Å². The van der Waals surface area contributed by atoms with E-state index in [2.05, 4.69) is 5.32 Å². The minimum atomic E-state index is -0.820. The van der Waals surface area contributed by atoms with Crippen molar-refractivity contribution < 1.29 is 19.3 Å². The number of aryl methyl sites for hydroxylation is 1. The average molecular weight is 381 g/mol. The molecule has 1 aliphatic rings. The Labute approximate surface area is 161 Å². The van der Waals surface area contributed by atoms with Crippen LogP contribution in [0.25, 0.3) is 0 Å². The smallest absolute Gasteiger partial charge is 0.282 e. The van der Waals surface area contributed by atoms with Gasteiger partial charge in [-0.1, -0.05) is 36.4 Å². The van der Waals surface area contributed by atoms with E-state index in [-0.39, 0.29) is 17.2 Å². The third kappa shape index (κ3) is 3.90. The highest BCUT2D eigenvalue weighted by Crippen LogP contribution is 2.30. The number of nitro groups is 1. The summed E-state index contributed by atoms with van der Waals surface area (Å²) in [5.74, 6) is -2.01. The molecule has 2 aromatic carbocycles. The van der Waals surface area contributed by atoms with Gasteiger partial charge in [-0.15, -0.1) is 0 Å². The molecule has 0 fully saturated rings. The van der Waals surface area contributed by atoms with Gasteiger partial charge in [0.15, 0.2) is 0 Å². The van der Waals surface area contributed by atoms with Crippen LogP contribution in [0.3, 0.4) is 0 Å². The summed E-state index contributed by atoms with van der Waals surface area (Å²) in [5.41, 5.74) is 0.401. The lowest BCUT2D eigenvalue weighted by Gasteiger charge is -2.17. The summed E-state index contributed by atoms with van der Waals surface area (Å²) < 4.78 is 0. The monoisotopic (exact) mass is 381 g/mol. The summed E-state index contributed by atoms with van der Waals surface area (Å²) in [6.45, 7) is 1.37. The van der Waals surface area contributed by atoms with Gasteiger partial charge in [-0.2, -0.15) is 0 Å². The highest BCUT2D eigenvalue weighted by Gasteiger charge is 2.41. The highest BCUT2D eigenvalue weighted by atomic mass is 16.6. The molecule has 1 atom stereocenters. The van der Waals surface area contributed by atoms with Crippen molar-refractivity contribution in [3.05, 3.63) is 75.3 Å². The number of hydrogen-bond acceptors (Lipinski definition) is 5. The molecule has 0 aliphatic carbocycles. The maximum Gasteiger partial charge on any atom is 0.282 e. The molecule has 0 radical (unpaired) electrons. The lowest BCUT2D eigenvalue weighted by atomic mass is 10.1. The van der Waals surface area contributed by atoms with E-state index in [1.807, 2.05) is 37.3 Å². The van der Waals surface area contributed by atoms with E-state index in [0.29, 0.717) is 6.42 Å². The zero-order valence-corrected chi connectivity index (χ0v) is 15.3. The van der Waals surface area contributed by atoms with Crippen LogP contribution >= 0.6 is 0 Å². The van der Waals surface area contributed by atoms with Gasteiger partial charge in [-0.3, -0.25) is 29.4 Å². The first kappa shape index (κ1) is 19.2. The molecule has 0 aromatic heterocycles. The first-order chi connectivity index (χ1) is 13.4. The van der Waals surface area contributed by atoms with Crippen molar-refractivity contribution in [2.45, 2.75) is 25.8 Å². The fourth-order valence-electron chi connectivity index (χ4n) is 3.18. The Bertz CT molecular complexity index is 942. The van der Waals surface area contributed by atoms with Gasteiger partial charge >= 0.3 is 0 Å². The number of amides is 3. The van der Waals surface area contributed by atoms with Crippen molar-refractivity contribution in [3.63, 3.8) is 0 Å². The molecule has 2 aromatic rings. The second-order valence-corrected chi connectivity index (χ2v) is 6.65. The second kappa shape index (κ2) is 7.99. The van der Waals surface area contributed by atoms with Crippen LogP contribution in [-0.4, -0.2) is 40.1 Å². The molecule has 3 amide bonds. The highest BCUT2D eigenvalue weighted by molar-refractivity contribution is 6.24. The minimum Gasteiger partial charge on any atom is -0.352 e. The van der Waals surface area contributed by atoms with Crippen molar-refractivity contribution >= 4 is 23.4 Å². The number of benzene rings is 2. The Morgan fingerprint density at radius 3 is 2.50 bits per heavy atom. The van der Waals surface area contributed by atoms with Gasteiger partial charge in [0.25, 0.3) is 17.5 Å². The normalized spacial score (nSPS) is 14.0. The van der Waals surface area contributed by atoms with Crippen LogP contribution in [0.2, 0.25) is 0 Å². The van der Waals surface area contributed by atoms with E-state index in [1.165, 1.54) is 18.2 Å². The molecule has 1 heterocycles. The topological polar surface area (TPSA) is 110 Å². The predicted octanol–water partition coefficient (Wildman–Crippen LogP) is 2.33. The summed E-state index contributed by atoms with van der Waals surface area (Å²) in [6.07, 6.45) is 1.48. The first-order valence-corrected chi connectivity index (χ1v) is 8.85. The third-order valence-electron chi connectivity index (χ3n) is 4.59. The molecular formula is C20H19N3O5. The molecule has 3 rings (SSSR count). The Hall–Kier alpha value is -3.55. The molecule has 1 N–H and O–H groups in total. The number of nitrogens with zero attached hydrogens (tertiary/aromatic N) is 2. The number of fused-ring (bicyclic) bond motifs is 1. The van der Waals surface area contributed by atoms with Crippen LogP contribution in [0.15, 0.2) is 48.5 Å². The fourth-order valence-corrected chi connectivity index (χ4v) is 3.18. The summed E-state index contributed by atoms with van der Waals surface area (Å²) in [7, 11) is 0. The largest absolute Gasteiger partial charge is 0.352 e. The minimum absolute atomic E-state index is 0.0517. The number of hydrogen-bond donors (Lipinski definition) is 1. The van der Waals surface area contributed by atoms with Gasteiger partial charge < -0.3 is 5.32 Å². The predicted molar refractivity (Wildman–Crippen MR) is 101 cm³/mol. The number of carbonyl (C=O) groups excluding carboxylic acids is 3. The molecule has 0 spiro atoms. The van der Waals surface area contributed by atoms with Gasteiger partial charge in [0.2, 0.25) is 5.91 Å². The van der Waals surface area contributed by atoms with Gasteiger partial charge in [-0.05, 0) is 31.4 Å². The van der Waals surface area contributed by atoms with Gasteiger partial charge in [-0.25, -0.2) is 0 Å². The van der Waals surface area contributed by atoms with E-state index >= 15 is 0 Å². The zero-order chi connectivity index (χ0) is 20.3. The van der Waals surface area contributed by atoms with Gasteiger partial charge in [0, 0.05) is 12.1 Å². The number of nitro benzene ring substituents is 1. The third-order valence-corrected chi connectivity index (χ3v) is 4.59. The molecule has 0 saturated heterocycles. The maximum atomic E-state index is 12.5. The molecule has 28 heavy (non-hydrogen) atoms. The number of imide groups is 1. The number of rotatable bonds is 7. The van der Waals surface area contributed by atoms with Crippen molar-refractivity contribution in [2.24, 2.45) is 0 Å². The molecule has 144 valence electrons. The zero-order valence-electron chi connectivity index (χ0n) is 15.3. The standard InChI is InChI=1S/C20H19N3O5/c1-13(10-11-14-6-3-2-4-7-14)21-17(24)12-22-19(25)15-8-5-9-16(23(27)28)18(15)20(22)26/h2-9,13H,10-12H2,1H3,(H,21,24)/t13-/m1/s1. The van der Waals surface area contributed by atoms with Crippen molar-refractivity contribution in [1.29, 1.82) is 0 Å². The maximum absolute atomic E-state index is 12.5. The Morgan fingerprint density at radius 1 is 1.11 bits per heavy atom. The van der Waals surface area contributed by atoms with Crippen LogP contribution in [0.1, 0.15) is 39.6 Å². The van der Waals surface area contributed by atoms with Crippen molar-refractivity contribution in [2.75, 3.05) is 6.54 Å². The van der Waals surface area contributed by atoms with Crippen LogP contribution in [0.5, 0.6) is 0 Å².